The largest absolute Gasteiger partial charge is 0.360 e. The third-order valence-corrected chi connectivity index (χ3v) is 6.05. The number of nitrogens with zero attached hydrogens (tertiary/aromatic N) is 3. The highest BCUT2D eigenvalue weighted by atomic mass is 35.5. The van der Waals surface area contributed by atoms with Gasteiger partial charge in [0.2, 0.25) is 10.9 Å². The molecular formula is C17H17Cl2N5S2. The number of nitrogens with one attached hydrogen (secondary N) is 2. The zero-order valence-electron chi connectivity index (χ0n) is 13.8. The van der Waals surface area contributed by atoms with Crippen LogP contribution in [0.15, 0.2) is 23.6 Å². The molecule has 1 aliphatic rings. The third-order valence-electron chi connectivity index (χ3n) is 4.45. The molecule has 0 aliphatic heterocycles. The van der Waals surface area contributed by atoms with Gasteiger partial charge in [0.1, 0.15) is 0 Å². The predicted molar refractivity (Wildman–Crippen MR) is 113 cm³/mol. The molecule has 0 unspecified atom stereocenters. The van der Waals surface area contributed by atoms with Crippen LogP contribution in [0, 0.1) is 0 Å². The minimum Gasteiger partial charge on any atom is -0.360 e. The summed E-state index contributed by atoms with van der Waals surface area (Å²) < 4.78 is 1.76. The second-order valence-electron chi connectivity index (χ2n) is 6.31. The molecule has 4 rings (SSSR count). The molecule has 0 saturated heterocycles. The van der Waals surface area contributed by atoms with Gasteiger partial charge < -0.3 is 5.32 Å². The van der Waals surface area contributed by atoms with E-state index in [0.717, 1.165) is 29.1 Å². The molecule has 0 bridgehead atoms. The van der Waals surface area contributed by atoms with Crippen molar-refractivity contribution < 1.29 is 0 Å². The van der Waals surface area contributed by atoms with Gasteiger partial charge in [-0.2, -0.15) is 4.98 Å². The Kier molecular flexibility index (Phi) is 5.31. The first kappa shape index (κ1) is 18.0. The zero-order chi connectivity index (χ0) is 18.1. The van der Waals surface area contributed by atoms with Crippen molar-refractivity contribution in [2.45, 2.75) is 38.1 Å². The summed E-state index contributed by atoms with van der Waals surface area (Å²) in [6, 6.07) is 5.81. The average Bonchev–Trinajstić information content (AvgIpc) is 3.18. The highest BCUT2D eigenvalue weighted by Crippen LogP contribution is 2.33. The minimum atomic E-state index is 0.438. The van der Waals surface area contributed by atoms with Crippen LogP contribution >= 0.6 is 46.8 Å². The molecule has 1 saturated carbocycles. The zero-order valence-corrected chi connectivity index (χ0v) is 17.0. The molecule has 0 radical (unpaired) electrons. The number of hydrogen-bond acceptors (Lipinski definition) is 4. The van der Waals surface area contributed by atoms with Gasteiger partial charge in [0.05, 0.1) is 10.7 Å². The Morgan fingerprint density at radius 3 is 2.85 bits per heavy atom. The molecule has 26 heavy (non-hydrogen) atoms. The van der Waals surface area contributed by atoms with E-state index >= 15 is 0 Å². The molecule has 1 aliphatic carbocycles. The maximum Gasteiger partial charge on any atom is 0.250 e. The summed E-state index contributed by atoms with van der Waals surface area (Å²) in [7, 11) is 0. The second-order valence-corrected chi connectivity index (χ2v) is 8.40. The SMILES string of the molecule is S=C(Nc1nc2scc(-c3cc(Cl)ccc3Cl)n2n1)NC1CCCCC1. The van der Waals surface area contributed by atoms with Crippen molar-refractivity contribution in [1.82, 2.24) is 19.9 Å². The van der Waals surface area contributed by atoms with Crippen LogP contribution in [0.5, 0.6) is 0 Å². The van der Waals surface area contributed by atoms with Crippen molar-refractivity contribution in [2.75, 3.05) is 5.32 Å². The van der Waals surface area contributed by atoms with Gasteiger partial charge in [-0.05, 0) is 43.3 Å². The lowest BCUT2D eigenvalue weighted by atomic mass is 9.96. The van der Waals surface area contributed by atoms with Crippen LogP contribution in [0.1, 0.15) is 32.1 Å². The predicted octanol–water partition coefficient (Wildman–Crippen LogP) is 5.38. The number of aromatic nitrogens is 3. The van der Waals surface area contributed by atoms with Crippen LogP contribution in [0.4, 0.5) is 5.95 Å². The fraction of sp³-hybridized carbons (Fsp3) is 0.353. The molecule has 3 aromatic rings. The topological polar surface area (TPSA) is 54.2 Å². The number of anilines is 1. The van der Waals surface area contributed by atoms with Crippen molar-refractivity contribution >= 4 is 62.8 Å². The Morgan fingerprint density at radius 1 is 1.23 bits per heavy atom. The van der Waals surface area contributed by atoms with Crippen LogP contribution in [0.25, 0.3) is 16.2 Å². The number of halogens is 2. The van der Waals surface area contributed by atoms with Crippen LogP contribution in [-0.2, 0) is 0 Å². The molecule has 0 atom stereocenters. The molecule has 136 valence electrons. The quantitative estimate of drug-likeness (QED) is 0.551. The van der Waals surface area contributed by atoms with Gasteiger partial charge in [-0.3, -0.25) is 5.32 Å². The highest BCUT2D eigenvalue weighted by molar-refractivity contribution is 7.80. The fourth-order valence-corrected chi connectivity index (χ4v) is 4.65. The Morgan fingerprint density at radius 2 is 2.04 bits per heavy atom. The summed E-state index contributed by atoms with van der Waals surface area (Å²) in [5.74, 6) is 0.476. The Balaban J connectivity index is 1.54. The molecule has 1 aromatic carbocycles. The van der Waals surface area contributed by atoms with Gasteiger partial charge in [-0.1, -0.05) is 42.5 Å². The molecule has 5 nitrogen and oxygen atoms in total. The molecule has 2 heterocycles. The maximum absolute atomic E-state index is 6.33. The van der Waals surface area contributed by atoms with E-state index in [9.17, 15) is 0 Å². The van der Waals surface area contributed by atoms with Crippen molar-refractivity contribution in [2.24, 2.45) is 0 Å². The first-order chi connectivity index (χ1) is 12.6. The van der Waals surface area contributed by atoms with E-state index in [0.29, 0.717) is 27.1 Å². The van der Waals surface area contributed by atoms with Gasteiger partial charge in [-0.25, -0.2) is 4.52 Å². The Bertz CT molecular complexity index is 946. The molecule has 0 spiro atoms. The number of fused-ring (bicyclic) bond motifs is 1. The van der Waals surface area contributed by atoms with Crippen LogP contribution in [-0.4, -0.2) is 25.8 Å². The molecule has 9 heteroatoms. The average molecular weight is 426 g/mol. The number of benzene rings is 1. The van der Waals surface area contributed by atoms with Gasteiger partial charge in [0, 0.05) is 22.0 Å². The lowest BCUT2D eigenvalue weighted by molar-refractivity contribution is 0.414. The summed E-state index contributed by atoms with van der Waals surface area (Å²) >= 11 is 19.3. The fourth-order valence-electron chi connectivity index (χ4n) is 3.18. The van der Waals surface area contributed by atoms with Crippen molar-refractivity contribution in [1.29, 1.82) is 0 Å². The Hall–Kier alpha value is -1.41. The Labute approximate surface area is 170 Å². The van der Waals surface area contributed by atoms with E-state index in [-0.39, 0.29) is 0 Å². The third kappa shape index (κ3) is 3.81. The lowest BCUT2D eigenvalue weighted by Crippen LogP contribution is -2.39. The summed E-state index contributed by atoms with van der Waals surface area (Å²) in [4.78, 5) is 5.26. The van der Waals surface area contributed by atoms with Gasteiger partial charge in [0.25, 0.3) is 0 Å². The minimum absolute atomic E-state index is 0.438. The summed E-state index contributed by atoms with van der Waals surface area (Å²) in [6.07, 6.45) is 6.13. The number of hydrogen-bond donors (Lipinski definition) is 2. The van der Waals surface area contributed by atoms with Gasteiger partial charge >= 0.3 is 0 Å². The number of thiazole rings is 1. The van der Waals surface area contributed by atoms with E-state index in [2.05, 4.69) is 20.7 Å². The molecule has 2 N–H and O–H groups in total. The van der Waals surface area contributed by atoms with Gasteiger partial charge in [-0.15, -0.1) is 16.4 Å². The van der Waals surface area contributed by atoms with Crippen molar-refractivity contribution in [3.8, 4) is 11.3 Å². The smallest absolute Gasteiger partial charge is 0.250 e. The summed E-state index contributed by atoms with van der Waals surface area (Å²) in [5, 5.41) is 14.8. The van der Waals surface area contributed by atoms with E-state index in [1.807, 2.05) is 11.4 Å². The maximum atomic E-state index is 6.33. The van der Waals surface area contributed by atoms with Crippen LogP contribution < -0.4 is 10.6 Å². The lowest BCUT2D eigenvalue weighted by Gasteiger charge is -2.23. The highest BCUT2D eigenvalue weighted by Gasteiger charge is 2.17. The van der Waals surface area contributed by atoms with Crippen LogP contribution in [0.3, 0.4) is 0 Å². The molecule has 2 aromatic heterocycles. The molecular weight excluding hydrogens is 409 g/mol. The van der Waals surface area contributed by atoms with Crippen molar-refractivity contribution in [3.05, 3.63) is 33.6 Å². The first-order valence-electron chi connectivity index (χ1n) is 8.47. The summed E-state index contributed by atoms with van der Waals surface area (Å²) in [5.41, 5.74) is 1.67. The summed E-state index contributed by atoms with van der Waals surface area (Å²) in [6.45, 7) is 0. The van der Waals surface area contributed by atoms with Crippen molar-refractivity contribution in [3.63, 3.8) is 0 Å². The standard InChI is InChI=1S/C17H17Cl2N5S2/c18-10-6-7-13(19)12(8-10)14-9-26-17-22-15(23-24(14)17)21-16(25)20-11-4-2-1-3-5-11/h6-9,11H,1-5H2,(H2,20,21,23,25). The monoisotopic (exact) mass is 425 g/mol. The first-order valence-corrected chi connectivity index (χ1v) is 10.5. The number of rotatable bonds is 3. The van der Waals surface area contributed by atoms with E-state index < -0.39 is 0 Å². The molecule has 0 amide bonds. The van der Waals surface area contributed by atoms with E-state index in [4.69, 9.17) is 35.4 Å². The van der Waals surface area contributed by atoms with Gasteiger partial charge in [0.15, 0.2) is 5.11 Å². The van der Waals surface area contributed by atoms with E-state index in [1.54, 1.807) is 16.6 Å². The molecule has 1 fully saturated rings. The van der Waals surface area contributed by atoms with Crippen LogP contribution in [0.2, 0.25) is 10.0 Å². The second kappa shape index (κ2) is 7.68. The van der Waals surface area contributed by atoms with E-state index in [1.165, 1.54) is 30.6 Å². The normalized spacial score (nSPS) is 15.3. The number of thiocarbonyl (C=S) groups is 1.